The molecule has 6 heteroatoms. The van der Waals surface area contributed by atoms with Crippen molar-refractivity contribution in [3.63, 3.8) is 0 Å². The molecule has 1 saturated heterocycles. The topological polar surface area (TPSA) is 66.9 Å². The number of ether oxygens (including phenoxy) is 1. The maximum absolute atomic E-state index is 11.5. The number of hydrogen-bond acceptors (Lipinski definition) is 4. The van der Waals surface area contributed by atoms with Gasteiger partial charge >= 0.3 is 6.09 Å². The fourth-order valence-electron chi connectivity index (χ4n) is 2.71. The molecule has 0 aromatic heterocycles. The van der Waals surface area contributed by atoms with Gasteiger partial charge in [0.15, 0.2) is 0 Å². The Kier molecular flexibility index (Phi) is 5.82. The summed E-state index contributed by atoms with van der Waals surface area (Å²) < 4.78 is 5.26. The van der Waals surface area contributed by atoms with Crippen LogP contribution >= 0.6 is 0 Å². The normalized spacial score (nSPS) is 17.0. The van der Waals surface area contributed by atoms with Crippen molar-refractivity contribution in [2.45, 2.75) is 45.6 Å². The molecule has 0 bridgehead atoms. The molecule has 2 aliphatic heterocycles. The number of nitrogens with zero attached hydrogens (tertiary/aromatic N) is 2. The molecule has 0 saturated carbocycles. The van der Waals surface area contributed by atoms with E-state index in [4.69, 9.17) is 4.74 Å². The second kappa shape index (κ2) is 7.68. The molecule has 3 rings (SSSR count). The Morgan fingerprint density at radius 2 is 1.44 bits per heavy atom. The fraction of sp³-hybridized carbons (Fsp3) is 0.526. The molecule has 0 radical (unpaired) electrons. The van der Waals surface area contributed by atoms with E-state index in [0.717, 1.165) is 30.8 Å². The zero-order valence-corrected chi connectivity index (χ0v) is 15.4. The van der Waals surface area contributed by atoms with Crippen molar-refractivity contribution in [1.82, 2.24) is 9.80 Å². The first-order valence-corrected chi connectivity index (χ1v) is 8.60. The Balaban J connectivity index is 0.000000181. The molecule has 0 aliphatic carbocycles. The van der Waals surface area contributed by atoms with Crippen LogP contribution in [0.4, 0.5) is 4.79 Å². The molecule has 1 aromatic carbocycles. The van der Waals surface area contributed by atoms with E-state index in [9.17, 15) is 14.4 Å². The van der Waals surface area contributed by atoms with E-state index in [-0.39, 0.29) is 23.5 Å². The van der Waals surface area contributed by atoms with Gasteiger partial charge in [-0.1, -0.05) is 12.1 Å². The number of imide groups is 1. The van der Waals surface area contributed by atoms with Crippen LogP contribution in [0.5, 0.6) is 0 Å². The Morgan fingerprint density at radius 3 is 1.88 bits per heavy atom. The van der Waals surface area contributed by atoms with E-state index in [1.807, 2.05) is 20.8 Å². The average molecular weight is 346 g/mol. The molecular weight excluding hydrogens is 320 g/mol. The first-order valence-electron chi connectivity index (χ1n) is 8.60. The summed E-state index contributed by atoms with van der Waals surface area (Å²) in [5.41, 5.74) is 0.643. The number of carbonyl (C=O) groups excluding carboxylic acids is 3. The maximum atomic E-state index is 11.5. The minimum absolute atomic E-state index is 0.160. The molecule has 3 amide bonds. The minimum Gasteiger partial charge on any atom is -0.444 e. The highest BCUT2D eigenvalue weighted by Gasteiger charge is 2.31. The average Bonchev–Trinajstić information content (AvgIpc) is 2.80. The zero-order valence-electron chi connectivity index (χ0n) is 15.4. The van der Waals surface area contributed by atoms with Crippen molar-refractivity contribution in [3.05, 3.63) is 35.4 Å². The highest BCUT2D eigenvalue weighted by molar-refractivity contribution is 6.21. The number of likely N-dealkylation sites (tertiary alicyclic amines) is 1. The lowest BCUT2D eigenvalue weighted by atomic mass is 10.1. The number of piperidine rings is 1. The Hall–Kier alpha value is -2.37. The third-order valence-electron chi connectivity index (χ3n) is 4.00. The van der Waals surface area contributed by atoms with Gasteiger partial charge in [0.2, 0.25) is 0 Å². The number of rotatable bonds is 0. The Labute approximate surface area is 148 Å². The number of benzene rings is 1. The largest absolute Gasteiger partial charge is 0.444 e. The van der Waals surface area contributed by atoms with Crippen molar-refractivity contribution in [2.24, 2.45) is 0 Å². The van der Waals surface area contributed by atoms with Gasteiger partial charge in [-0.3, -0.25) is 14.5 Å². The second-order valence-electron chi connectivity index (χ2n) is 7.24. The van der Waals surface area contributed by atoms with Crippen LogP contribution in [0.15, 0.2) is 24.3 Å². The van der Waals surface area contributed by atoms with E-state index >= 15 is 0 Å². The van der Waals surface area contributed by atoms with E-state index in [1.165, 1.54) is 13.5 Å². The fourth-order valence-corrected chi connectivity index (χ4v) is 2.71. The third-order valence-corrected chi connectivity index (χ3v) is 4.00. The van der Waals surface area contributed by atoms with Gasteiger partial charge in [-0.2, -0.15) is 0 Å². The van der Waals surface area contributed by atoms with Crippen LogP contribution in [0.3, 0.4) is 0 Å². The maximum Gasteiger partial charge on any atom is 0.410 e. The first-order chi connectivity index (χ1) is 11.7. The van der Waals surface area contributed by atoms with Gasteiger partial charge < -0.3 is 9.64 Å². The molecular formula is C19H26N2O4. The van der Waals surface area contributed by atoms with Crippen LogP contribution in [-0.4, -0.2) is 53.4 Å². The van der Waals surface area contributed by atoms with Crippen LogP contribution in [0.1, 0.15) is 60.7 Å². The summed E-state index contributed by atoms with van der Waals surface area (Å²) in [4.78, 5) is 37.1. The molecule has 0 N–H and O–H groups in total. The molecule has 136 valence electrons. The van der Waals surface area contributed by atoms with Crippen molar-refractivity contribution in [3.8, 4) is 0 Å². The zero-order chi connectivity index (χ0) is 18.6. The van der Waals surface area contributed by atoms with Crippen molar-refractivity contribution in [1.29, 1.82) is 0 Å². The molecule has 25 heavy (non-hydrogen) atoms. The summed E-state index contributed by atoms with van der Waals surface area (Å²) in [5.74, 6) is -0.425. The van der Waals surface area contributed by atoms with Crippen molar-refractivity contribution >= 4 is 17.9 Å². The number of carbonyl (C=O) groups is 3. The number of fused-ring (bicyclic) bond motifs is 1. The molecule has 1 aromatic rings. The standard InChI is InChI=1S/C10H19NO2.C9H7NO2/c1-10(2,3)13-9(12)11-7-5-4-6-8-11;1-10-8(11)6-4-2-3-5-7(6)9(10)12/h4-8H2,1-3H3;2-5H,1H3. The highest BCUT2D eigenvalue weighted by atomic mass is 16.6. The van der Waals surface area contributed by atoms with Gasteiger partial charge in [0.05, 0.1) is 11.1 Å². The van der Waals surface area contributed by atoms with Crippen LogP contribution in [0.25, 0.3) is 0 Å². The summed E-state index contributed by atoms with van der Waals surface area (Å²) in [6.07, 6.45) is 3.30. The number of hydrogen-bond donors (Lipinski definition) is 0. The van der Waals surface area contributed by atoms with Crippen molar-refractivity contribution < 1.29 is 19.1 Å². The smallest absolute Gasteiger partial charge is 0.410 e. The molecule has 1 fully saturated rings. The SMILES string of the molecule is CC(C)(C)OC(=O)N1CCCCC1.CN1C(=O)c2ccccc2C1=O. The molecule has 0 spiro atoms. The van der Waals surface area contributed by atoms with Gasteiger partial charge in [0.25, 0.3) is 11.8 Å². The van der Waals surface area contributed by atoms with E-state index in [2.05, 4.69) is 0 Å². The first kappa shape index (κ1) is 19.0. The summed E-state index contributed by atoms with van der Waals surface area (Å²) in [7, 11) is 1.49. The Bertz CT molecular complexity index is 623. The molecule has 6 nitrogen and oxygen atoms in total. The Morgan fingerprint density at radius 1 is 0.960 bits per heavy atom. The predicted molar refractivity (Wildman–Crippen MR) is 94.5 cm³/mol. The van der Waals surface area contributed by atoms with Crippen LogP contribution in [0.2, 0.25) is 0 Å². The third kappa shape index (κ3) is 4.81. The lowest BCUT2D eigenvalue weighted by molar-refractivity contribution is 0.0215. The van der Waals surface area contributed by atoms with Gasteiger partial charge in [-0.15, -0.1) is 0 Å². The summed E-state index contributed by atoms with van der Waals surface area (Å²) in [5, 5.41) is 0. The molecule has 2 heterocycles. The molecule has 0 atom stereocenters. The monoisotopic (exact) mass is 346 g/mol. The lowest BCUT2D eigenvalue weighted by Crippen LogP contribution is -2.39. The van der Waals surface area contributed by atoms with Gasteiger partial charge in [-0.05, 0) is 52.2 Å². The summed E-state index contributed by atoms with van der Waals surface area (Å²) in [6, 6.07) is 6.84. The van der Waals surface area contributed by atoms with Crippen LogP contribution in [-0.2, 0) is 4.74 Å². The lowest BCUT2D eigenvalue weighted by Gasteiger charge is -2.29. The molecule has 2 aliphatic rings. The van der Waals surface area contributed by atoms with Crippen LogP contribution in [0, 0.1) is 0 Å². The molecule has 0 unspecified atom stereocenters. The highest BCUT2D eigenvalue weighted by Crippen LogP contribution is 2.20. The minimum atomic E-state index is -0.367. The van der Waals surface area contributed by atoms with E-state index in [1.54, 1.807) is 29.2 Å². The summed E-state index contributed by atoms with van der Waals surface area (Å²) in [6.45, 7) is 7.41. The quantitative estimate of drug-likeness (QED) is 0.676. The van der Waals surface area contributed by atoms with Crippen LogP contribution < -0.4 is 0 Å². The van der Waals surface area contributed by atoms with Crippen molar-refractivity contribution in [2.75, 3.05) is 20.1 Å². The van der Waals surface area contributed by atoms with Gasteiger partial charge in [-0.25, -0.2) is 4.79 Å². The van der Waals surface area contributed by atoms with E-state index in [0.29, 0.717) is 11.1 Å². The second-order valence-corrected chi connectivity index (χ2v) is 7.24. The van der Waals surface area contributed by atoms with Gasteiger partial charge in [0, 0.05) is 20.1 Å². The van der Waals surface area contributed by atoms with E-state index < -0.39 is 0 Å². The van der Waals surface area contributed by atoms with Gasteiger partial charge in [0.1, 0.15) is 5.60 Å². The number of amides is 3. The predicted octanol–water partition coefficient (Wildman–Crippen LogP) is 3.32. The summed E-state index contributed by atoms with van der Waals surface area (Å²) >= 11 is 0.